The lowest BCUT2D eigenvalue weighted by atomic mass is 9.81. The summed E-state index contributed by atoms with van der Waals surface area (Å²) in [6, 6.07) is 0. The van der Waals surface area contributed by atoms with E-state index in [0.717, 1.165) is 32.4 Å². The van der Waals surface area contributed by atoms with Crippen molar-refractivity contribution in [3.05, 3.63) is 0 Å². The Morgan fingerprint density at radius 2 is 1.73 bits per heavy atom. The summed E-state index contributed by atoms with van der Waals surface area (Å²) in [5.41, 5.74) is 5.59. The van der Waals surface area contributed by atoms with E-state index in [-0.39, 0.29) is 30.2 Å². The average molecular weight is 354 g/mol. The highest BCUT2D eigenvalue weighted by atomic mass is 35.5. The molecule has 2 fully saturated rings. The molecular weight excluding hydrogens is 321 g/mol. The van der Waals surface area contributed by atoms with Crippen molar-refractivity contribution >= 4 is 30.7 Å². The molecule has 0 aliphatic carbocycles. The third-order valence-corrected chi connectivity index (χ3v) is 5.49. The average Bonchev–Trinajstić information content (AvgIpc) is 3.13. The van der Waals surface area contributed by atoms with Crippen molar-refractivity contribution < 1.29 is 4.79 Å². The molecule has 2 aliphatic heterocycles. The van der Waals surface area contributed by atoms with Gasteiger partial charge in [-0.2, -0.15) is 0 Å². The van der Waals surface area contributed by atoms with Crippen LogP contribution in [0.4, 0.5) is 0 Å². The highest BCUT2D eigenvalue weighted by Crippen LogP contribution is 2.31. The van der Waals surface area contributed by atoms with Crippen LogP contribution in [0, 0.1) is 11.3 Å². The molecule has 0 bridgehead atoms. The number of halogens is 2. The number of carbonyl (C=O) groups excluding carboxylic acids is 1. The smallest absolute Gasteiger partial charge is 0.230 e. The van der Waals surface area contributed by atoms with Crippen LogP contribution in [-0.4, -0.2) is 55.0 Å². The highest BCUT2D eigenvalue weighted by Gasteiger charge is 2.39. The molecule has 0 radical (unpaired) electrons. The van der Waals surface area contributed by atoms with E-state index in [2.05, 4.69) is 23.6 Å². The van der Waals surface area contributed by atoms with Crippen LogP contribution in [0.15, 0.2) is 0 Å². The van der Waals surface area contributed by atoms with E-state index in [9.17, 15) is 4.79 Å². The van der Waals surface area contributed by atoms with Gasteiger partial charge in [-0.15, -0.1) is 24.8 Å². The van der Waals surface area contributed by atoms with Gasteiger partial charge in [-0.25, -0.2) is 0 Å². The Hall–Kier alpha value is -0.0300. The molecule has 0 aromatic rings. The standard InChI is InChI=1S/C16H31N3O.2ClH/c1-3-16(4-2,13-17)15(20)19-10-7-14(12-19)11-18-8-5-6-9-18;;/h14H,3-13,17H2,1-2H3;2*1H. The van der Waals surface area contributed by atoms with Crippen LogP contribution in [0.1, 0.15) is 46.0 Å². The number of hydrogen-bond donors (Lipinski definition) is 1. The molecule has 22 heavy (non-hydrogen) atoms. The summed E-state index contributed by atoms with van der Waals surface area (Å²) < 4.78 is 0. The number of carbonyl (C=O) groups is 1. The van der Waals surface area contributed by atoms with Crippen LogP contribution in [0.2, 0.25) is 0 Å². The maximum Gasteiger partial charge on any atom is 0.230 e. The van der Waals surface area contributed by atoms with Gasteiger partial charge in [0.1, 0.15) is 0 Å². The minimum absolute atomic E-state index is 0. The summed E-state index contributed by atoms with van der Waals surface area (Å²) in [7, 11) is 0. The van der Waals surface area contributed by atoms with Crippen molar-refractivity contribution in [3.63, 3.8) is 0 Å². The third-order valence-electron chi connectivity index (χ3n) is 5.49. The van der Waals surface area contributed by atoms with Gasteiger partial charge in [-0.05, 0) is 51.1 Å². The van der Waals surface area contributed by atoms with Crippen molar-refractivity contribution in [3.8, 4) is 0 Å². The number of hydrogen-bond acceptors (Lipinski definition) is 3. The van der Waals surface area contributed by atoms with Crippen molar-refractivity contribution in [2.75, 3.05) is 39.3 Å². The summed E-state index contributed by atoms with van der Waals surface area (Å²) in [6.45, 7) is 10.2. The third kappa shape index (κ3) is 4.73. The van der Waals surface area contributed by atoms with Gasteiger partial charge in [0.05, 0.1) is 5.41 Å². The highest BCUT2D eigenvalue weighted by molar-refractivity contribution is 5.85. The van der Waals surface area contributed by atoms with Gasteiger partial charge in [-0.1, -0.05) is 13.8 Å². The lowest BCUT2D eigenvalue weighted by Crippen LogP contribution is -2.47. The first kappa shape index (κ1) is 22.0. The summed E-state index contributed by atoms with van der Waals surface area (Å²) in [5, 5.41) is 0. The van der Waals surface area contributed by atoms with Crippen LogP contribution < -0.4 is 5.73 Å². The fraction of sp³-hybridized carbons (Fsp3) is 0.938. The SMILES string of the molecule is CCC(CC)(CN)C(=O)N1CCC(CN2CCCC2)C1.Cl.Cl. The van der Waals surface area contributed by atoms with E-state index >= 15 is 0 Å². The van der Waals surface area contributed by atoms with Gasteiger partial charge in [-0.3, -0.25) is 4.79 Å². The van der Waals surface area contributed by atoms with Crippen LogP contribution in [0.25, 0.3) is 0 Å². The molecule has 1 amide bonds. The van der Waals surface area contributed by atoms with Crippen molar-refractivity contribution in [2.24, 2.45) is 17.1 Å². The Labute approximate surface area is 148 Å². The molecule has 0 spiro atoms. The minimum Gasteiger partial charge on any atom is -0.342 e. The molecule has 0 aromatic carbocycles. The quantitative estimate of drug-likeness (QED) is 0.798. The second kappa shape index (κ2) is 9.96. The molecule has 6 heteroatoms. The van der Waals surface area contributed by atoms with Gasteiger partial charge >= 0.3 is 0 Å². The first-order valence-corrected chi connectivity index (χ1v) is 8.37. The molecular formula is C16H33Cl2N3O. The van der Waals surface area contributed by atoms with Crippen LogP contribution >= 0.6 is 24.8 Å². The summed E-state index contributed by atoms with van der Waals surface area (Å²) in [6.07, 6.45) is 5.56. The monoisotopic (exact) mass is 353 g/mol. The zero-order valence-corrected chi connectivity index (χ0v) is 15.7. The zero-order valence-electron chi connectivity index (χ0n) is 14.1. The van der Waals surface area contributed by atoms with Gasteiger partial charge < -0.3 is 15.5 Å². The Morgan fingerprint density at radius 3 is 2.23 bits per heavy atom. The van der Waals surface area contributed by atoms with Gasteiger partial charge in [0.25, 0.3) is 0 Å². The molecule has 2 aliphatic rings. The van der Waals surface area contributed by atoms with Gasteiger partial charge in [0.15, 0.2) is 0 Å². The summed E-state index contributed by atoms with van der Waals surface area (Å²) in [4.78, 5) is 17.4. The second-order valence-electron chi connectivity index (χ2n) is 6.61. The van der Waals surface area contributed by atoms with E-state index in [0.29, 0.717) is 18.4 Å². The number of nitrogens with zero attached hydrogens (tertiary/aromatic N) is 2. The molecule has 4 nitrogen and oxygen atoms in total. The van der Waals surface area contributed by atoms with Crippen molar-refractivity contribution in [1.29, 1.82) is 0 Å². The number of amides is 1. The van der Waals surface area contributed by atoms with Crippen molar-refractivity contribution in [1.82, 2.24) is 9.80 Å². The Balaban J connectivity index is 0.00000220. The lowest BCUT2D eigenvalue weighted by molar-refractivity contribution is -0.141. The molecule has 1 unspecified atom stereocenters. The predicted molar refractivity (Wildman–Crippen MR) is 96.9 cm³/mol. The Kier molecular flexibility index (Phi) is 9.95. The van der Waals surface area contributed by atoms with E-state index in [1.165, 1.54) is 32.5 Å². The van der Waals surface area contributed by atoms with E-state index in [1.807, 2.05) is 0 Å². The Bertz CT molecular complexity index is 323. The Morgan fingerprint density at radius 1 is 1.14 bits per heavy atom. The van der Waals surface area contributed by atoms with Gasteiger partial charge in [0.2, 0.25) is 5.91 Å². The predicted octanol–water partition coefficient (Wildman–Crippen LogP) is 2.54. The van der Waals surface area contributed by atoms with Crippen LogP contribution in [0.5, 0.6) is 0 Å². The number of nitrogens with two attached hydrogens (primary N) is 1. The van der Waals surface area contributed by atoms with E-state index in [1.54, 1.807) is 0 Å². The van der Waals surface area contributed by atoms with Gasteiger partial charge in [0, 0.05) is 26.2 Å². The largest absolute Gasteiger partial charge is 0.342 e. The van der Waals surface area contributed by atoms with Crippen molar-refractivity contribution in [2.45, 2.75) is 46.0 Å². The zero-order chi connectivity index (χ0) is 14.6. The summed E-state index contributed by atoms with van der Waals surface area (Å²) >= 11 is 0. The molecule has 2 rings (SSSR count). The second-order valence-corrected chi connectivity index (χ2v) is 6.61. The molecule has 132 valence electrons. The maximum absolute atomic E-state index is 12.8. The van der Waals surface area contributed by atoms with E-state index < -0.39 is 0 Å². The topological polar surface area (TPSA) is 49.6 Å². The lowest BCUT2D eigenvalue weighted by Gasteiger charge is -2.33. The molecule has 0 aromatic heterocycles. The molecule has 2 N–H and O–H groups in total. The normalized spacial score (nSPS) is 22.3. The molecule has 1 atom stereocenters. The van der Waals surface area contributed by atoms with Crippen LogP contribution in [0.3, 0.4) is 0 Å². The van der Waals surface area contributed by atoms with Crippen LogP contribution in [-0.2, 0) is 4.79 Å². The first-order chi connectivity index (χ1) is 9.65. The maximum atomic E-state index is 12.8. The molecule has 2 saturated heterocycles. The fourth-order valence-corrected chi connectivity index (χ4v) is 3.76. The first-order valence-electron chi connectivity index (χ1n) is 8.37. The summed E-state index contributed by atoms with van der Waals surface area (Å²) in [5.74, 6) is 0.968. The minimum atomic E-state index is -0.317. The number of likely N-dealkylation sites (tertiary alicyclic amines) is 2. The number of rotatable bonds is 6. The molecule has 2 heterocycles. The van der Waals surface area contributed by atoms with E-state index in [4.69, 9.17) is 5.73 Å². The molecule has 0 saturated carbocycles. The fourth-order valence-electron chi connectivity index (χ4n) is 3.76.